The minimum atomic E-state index is -4.45. The van der Waals surface area contributed by atoms with Crippen molar-refractivity contribution in [2.45, 2.75) is 13.1 Å². The molecule has 0 aliphatic heterocycles. The zero-order valence-corrected chi connectivity index (χ0v) is 9.88. The van der Waals surface area contributed by atoms with Crippen LogP contribution in [0.4, 0.5) is 13.2 Å². The molecule has 0 atom stereocenters. The van der Waals surface area contributed by atoms with Gasteiger partial charge in [-0.3, -0.25) is 9.89 Å². The number of nitrogens with one attached hydrogen (secondary N) is 1. The average molecular weight is 269 g/mol. The SMILES string of the molecule is C/C=C(/C(N)=O)c1n[nH]c2ccc(C(F)(F)F)cc12. The van der Waals surface area contributed by atoms with Crippen molar-refractivity contribution >= 4 is 22.4 Å². The molecule has 2 rings (SSSR count). The van der Waals surface area contributed by atoms with E-state index in [-0.39, 0.29) is 16.7 Å². The minimum Gasteiger partial charge on any atom is -0.366 e. The number of benzene rings is 1. The number of nitrogens with two attached hydrogens (primary N) is 1. The highest BCUT2D eigenvalue weighted by molar-refractivity contribution is 6.21. The number of fused-ring (bicyclic) bond motifs is 1. The highest BCUT2D eigenvalue weighted by Gasteiger charge is 2.31. The van der Waals surface area contributed by atoms with Crippen LogP contribution in [0, 0.1) is 0 Å². The molecule has 0 aliphatic carbocycles. The average Bonchev–Trinajstić information content (AvgIpc) is 2.72. The van der Waals surface area contributed by atoms with Crippen LogP contribution >= 0.6 is 0 Å². The maximum atomic E-state index is 12.7. The molecule has 3 N–H and O–H groups in total. The summed E-state index contributed by atoms with van der Waals surface area (Å²) in [7, 11) is 0. The Morgan fingerprint density at radius 2 is 2.11 bits per heavy atom. The van der Waals surface area contributed by atoms with Gasteiger partial charge >= 0.3 is 6.18 Å². The van der Waals surface area contributed by atoms with Gasteiger partial charge in [0.1, 0.15) is 5.69 Å². The quantitative estimate of drug-likeness (QED) is 0.822. The lowest BCUT2D eigenvalue weighted by molar-refractivity contribution is -0.137. The number of nitrogens with zero attached hydrogens (tertiary/aromatic N) is 1. The van der Waals surface area contributed by atoms with Gasteiger partial charge in [-0.15, -0.1) is 0 Å². The fourth-order valence-electron chi connectivity index (χ4n) is 1.79. The first-order chi connectivity index (χ1) is 8.84. The Labute approximate surface area is 106 Å². The van der Waals surface area contributed by atoms with Crippen LogP contribution in [0.5, 0.6) is 0 Å². The van der Waals surface area contributed by atoms with E-state index in [0.717, 1.165) is 12.1 Å². The fraction of sp³-hybridized carbons (Fsp3) is 0.167. The van der Waals surface area contributed by atoms with Crippen LogP contribution < -0.4 is 5.73 Å². The summed E-state index contributed by atoms with van der Waals surface area (Å²) in [6, 6.07) is 3.16. The van der Waals surface area contributed by atoms with E-state index in [1.54, 1.807) is 6.92 Å². The molecular formula is C12H10F3N3O. The molecule has 4 nitrogen and oxygen atoms in total. The lowest BCUT2D eigenvalue weighted by atomic mass is 10.1. The van der Waals surface area contributed by atoms with Crippen molar-refractivity contribution in [2.75, 3.05) is 0 Å². The van der Waals surface area contributed by atoms with Crippen molar-refractivity contribution in [3.05, 3.63) is 35.5 Å². The van der Waals surface area contributed by atoms with Crippen LogP contribution in [-0.4, -0.2) is 16.1 Å². The number of hydrogen-bond donors (Lipinski definition) is 2. The number of carbonyl (C=O) groups is 1. The second-order valence-electron chi connectivity index (χ2n) is 3.90. The first-order valence-corrected chi connectivity index (χ1v) is 5.36. The Hall–Kier alpha value is -2.31. The fourth-order valence-corrected chi connectivity index (χ4v) is 1.79. The van der Waals surface area contributed by atoms with Crippen LogP contribution in [0.25, 0.3) is 16.5 Å². The lowest BCUT2D eigenvalue weighted by Crippen LogP contribution is -2.13. The lowest BCUT2D eigenvalue weighted by Gasteiger charge is -2.06. The van der Waals surface area contributed by atoms with E-state index >= 15 is 0 Å². The Kier molecular flexibility index (Phi) is 3.05. The molecule has 0 unspecified atom stereocenters. The highest BCUT2D eigenvalue weighted by Crippen LogP contribution is 2.32. The normalized spacial score (nSPS) is 12.9. The maximum Gasteiger partial charge on any atom is 0.416 e. The molecule has 1 amide bonds. The summed E-state index contributed by atoms with van der Waals surface area (Å²) < 4.78 is 38.0. The zero-order chi connectivity index (χ0) is 14.2. The first-order valence-electron chi connectivity index (χ1n) is 5.36. The molecule has 0 bridgehead atoms. The Balaban J connectivity index is 2.68. The molecule has 1 heterocycles. The number of amides is 1. The highest BCUT2D eigenvalue weighted by atomic mass is 19.4. The third kappa shape index (κ3) is 2.31. The molecule has 19 heavy (non-hydrogen) atoms. The van der Waals surface area contributed by atoms with Gasteiger partial charge in [0.15, 0.2) is 0 Å². The predicted molar refractivity (Wildman–Crippen MR) is 63.9 cm³/mol. The summed E-state index contributed by atoms with van der Waals surface area (Å²) in [4.78, 5) is 11.2. The van der Waals surface area contributed by atoms with Crippen LogP contribution in [0.3, 0.4) is 0 Å². The van der Waals surface area contributed by atoms with Gasteiger partial charge in [0.2, 0.25) is 0 Å². The standard InChI is InChI=1S/C12H10F3N3O/c1-2-7(11(16)19)10-8-5-6(12(13,14)15)3-4-9(8)17-18-10/h2-5H,1H3,(H2,16,19)(H,17,18)/b7-2+. The first kappa shape index (κ1) is 13.1. The second-order valence-corrected chi connectivity index (χ2v) is 3.90. The summed E-state index contributed by atoms with van der Waals surface area (Å²) in [5.41, 5.74) is 4.97. The summed E-state index contributed by atoms with van der Waals surface area (Å²) in [5, 5.41) is 6.63. The number of primary amides is 1. The molecule has 0 fully saturated rings. The van der Waals surface area contributed by atoms with E-state index in [4.69, 9.17) is 5.73 Å². The number of alkyl halides is 3. The van der Waals surface area contributed by atoms with E-state index in [2.05, 4.69) is 10.2 Å². The van der Waals surface area contributed by atoms with Crippen molar-refractivity contribution in [1.29, 1.82) is 0 Å². The molecule has 7 heteroatoms. The Morgan fingerprint density at radius 1 is 1.42 bits per heavy atom. The van der Waals surface area contributed by atoms with E-state index in [1.807, 2.05) is 0 Å². The molecule has 0 saturated carbocycles. The van der Waals surface area contributed by atoms with E-state index in [0.29, 0.717) is 5.52 Å². The molecule has 1 aromatic heterocycles. The van der Waals surface area contributed by atoms with E-state index in [9.17, 15) is 18.0 Å². The molecule has 2 aromatic rings. The number of aromatic amines is 1. The minimum absolute atomic E-state index is 0.0746. The molecule has 1 aromatic carbocycles. The van der Waals surface area contributed by atoms with Crippen LogP contribution in [0.15, 0.2) is 24.3 Å². The zero-order valence-electron chi connectivity index (χ0n) is 9.88. The molecule has 0 aliphatic rings. The summed E-state index contributed by atoms with van der Waals surface area (Å²) in [6.07, 6.45) is -3.04. The number of aromatic nitrogens is 2. The number of halogens is 3. The van der Waals surface area contributed by atoms with Gasteiger partial charge in [-0.2, -0.15) is 18.3 Å². The van der Waals surface area contributed by atoms with Gasteiger partial charge in [-0.05, 0) is 25.1 Å². The monoisotopic (exact) mass is 269 g/mol. The van der Waals surface area contributed by atoms with Crippen molar-refractivity contribution < 1.29 is 18.0 Å². The van der Waals surface area contributed by atoms with Crippen LogP contribution in [-0.2, 0) is 11.0 Å². The summed E-state index contributed by atoms with van der Waals surface area (Å²) in [6.45, 7) is 1.56. The van der Waals surface area contributed by atoms with Crippen LogP contribution in [0.1, 0.15) is 18.2 Å². The summed E-state index contributed by atoms with van der Waals surface area (Å²) >= 11 is 0. The number of carbonyl (C=O) groups excluding carboxylic acids is 1. The Bertz CT molecular complexity index is 670. The third-order valence-electron chi connectivity index (χ3n) is 2.70. The number of allylic oxidation sites excluding steroid dienone is 1. The van der Waals surface area contributed by atoms with Gasteiger partial charge in [-0.1, -0.05) is 6.08 Å². The van der Waals surface area contributed by atoms with Crippen molar-refractivity contribution in [2.24, 2.45) is 5.73 Å². The Morgan fingerprint density at radius 3 is 2.63 bits per heavy atom. The molecule has 100 valence electrons. The summed E-state index contributed by atoms with van der Waals surface area (Å²) in [5.74, 6) is -0.742. The third-order valence-corrected chi connectivity index (χ3v) is 2.70. The molecular weight excluding hydrogens is 259 g/mol. The maximum absolute atomic E-state index is 12.7. The van der Waals surface area contributed by atoms with Crippen molar-refractivity contribution in [3.63, 3.8) is 0 Å². The smallest absolute Gasteiger partial charge is 0.366 e. The van der Waals surface area contributed by atoms with E-state index < -0.39 is 17.6 Å². The van der Waals surface area contributed by atoms with Gasteiger partial charge in [0.25, 0.3) is 5.91 Å². The van der Waals surface area contributed by atoms with Gasteiger partial charge < -0.3 is 5.73 Å². The number of hydrogen-bond acceptors (Lipinski definition) is 2. The number of rotatable bonds is 2. The molecule has 0 spiro atoms. The second kappa shape index (κ2) is 4.42. The molecule has 0 saturated heterocycles. The van der Waals surface area contributed by atoms with Crippen molar-refractivity contribution in [1.82, 2.24) is 10.2 Å². The van der Waals surface area contributed by atoms with E-state index in [1.165, 1.54) is 12.1 Å². The van der Waals surface area contributed by atoms with Crippen LogP contribution in [0.2, 0.25) is 0 Å². The number of H-pyrrole nitrogens is 1. The van der Waals surface area contributed by atoms with Gasteiger partial charge in [0, 0.05) is 5.39 Å². The largest absolute Gasteiger partial charge is 0.416 e. The topological polar surface area (TPSA) is 71.8 Å². The van der Waals surface area contributed by atoms with Crippen molar-refractivity contribution in [3.8, 4) is 0 Å². The van der Waals surface area contributed by atoms with Gasteiger partial charge in [0.05, 0.1) is 16.7 Å². The predicted octanol–water partition coefficient (Wildman–Crippen LogP) is 2.47. The molecule has 0 radical (unpaired) electrons. The van der Waals surface area contributed by atoms with Gasteiger partial charge in [-0.25, -0.2) is 0 Å².